The highest BCUT2D eigenvalue weighted by atomic mass is 79.9. The third-order valence-corrected chi connectivity index (χ3v) is 9.37. The Labute approximate surface area is 324 Å². The molecule has 2 aliphatic rings. The molecule has 18 heteroatoms. The molecule has 6 N–H and O–H groups in total. The molecule has 0 bridgehead atoms. The number of hydrogen-bond donors (Lipinski definition) is 4. The average molecular weight is 863 g/mol. The number of nitrogens with two attached hydrogens (primary N) is 2. The van der Waals surface area contributed by atoms with Crippen LogP contribution in [-0.4, -0.2) is 72.3 Å². The molecule has 14 nitrogen and oxygen atoms in total. The molecule has 2 aromatic heterocycles. The van der Waals surface area contributed by atoms with Crippen LogP contribution in [-0.2, 0) is 48.5 Å². The Balaban J connectivity index is 0.000000187. The van der Waals surface area contributed by atoms with Gasteiger partial charge in [0.15, 0.2) is 0 Å². The lowest BCUT2D eigenvalue weighted by Crippen LogP contribution is -2.32. The number of carbonyl (C=O) groups is 2. The summed E-state index contributed by atoms with van der Waals surface area (Å²) in [5.41, 5.74) is 19.1. The van der Waals surface area contributed by atoms with Gasteiger partial charge in [0.1, 0.15) is 5.15 Å². The first kappa shape index (κ1) is 40.7. The molecule has 0 saturated carbocycles. The molecule has 0 atom stereocenters. The van der Waals surface area contributed by atoms with E-state index in [0.717, 1.165) is 55.4 Å². The normalized spacial score (nSPS) is 12.6. The molecule has 2 aliphatic heterocycles. The van der Waals surface area contributed by atoms with Crippen LogP contribution < -0.4 is 16.9 Å². The lowest BCUT2D eigenvalue weighted by molar-refractivity contribution is 0.106. The minimum absolute atomic E-state index is 0.120. The van der Waals surface area contributed by atoms with E-state index in [2.05, 4.69) is 64.8 Å². The zero-order valence-electron chi connectivity index (χ0n) is 29.2. The van der Waals surface area contributed by atoms with Crippen molar-refractivity contribution in [1.82, 2.24) is 29.7 Å². The Morgan fingerprint density at radius 2 is 1.27 bits per heavy atom. The number of benzene rings is 2. The van der Waals surface area contributed by atoms with E-state index in [1.165, 1.54) is 10.5 Å². The molecule has 52 heavy (non-hydrogen) atoms. The third-order valence-electron chi connectivity index (χ3n) is 8.07. The maximum atomic E-state index is 12.0. The summed E-state index contributed by atoms with van der Waals surface area (Å²) < 4.78 is 12.0. The zero-order valence-corrected chi connectivity index (χ0v) is 33.1. The van der Waals surface area contributed by atoms with Crippen LogP contribution in [0, 0.1) is 0 Å². The molecule has 0 unspecified atom stereocenters. The second kappa shape index (κ2) is 18.6. The molecule has 4 aromatic rings. The number of hydrogen-bond acceptors (Lipinski definition) is 12. The number of nitrogen functional groups attached to an aromatic ring is 2. The quantitative estimate of drug-likeness (QED) is 0.142. The van der Waals surface area contributed by atoms with E-state index in [1.807, 2.05) is 25.1 Å². The number of nitrogens with zero attached hydrogens (tertiary/aromatic N) is 6. The lowest BCUT2D eigenvalue weighted by atomic mass is 9.76. The Morgan fingerprint density at radius 3 is 1.81 bits per heavy atom. The number of aryl methyl sites for hydroxylation is 2. The van der Waals surface area contributed by atoms with Crippen LogP contribution in [0.4, 0.5) is 21.5 Å². The number of ether oxygens (including phenoxy) is 2. The van der Waals surface area contributed by atoms with Gasteiger partial charge in [0.25, 0.3) is 0 Å². The molecule has 0 fully saturated rings. The summed E-state index contributed by atoms with van der Waals surface area (Å²) in [6.07, 6.45) is 0.947. The fraction of sp³-hybridized carbons (Fsp3) is 0.353. The van der Waals surface area contributed by atoms with Crippen LogP contribution in [0.3, 0.4) is 0 Å². The third kappa shape index (κ3) is 10.1. The van der Waals surface area contributed by atoms with E-state index in [1.54, 1.807) is 30.9 Å². The zero-order chi connectivity index (χ0) is 38.1. The second-order valence-corrected chi connectivity index (χ2v) is 13.7. The summed E-state index contributed by atoms with van der Waals surface area (Å²) >= 11 is 12.7. The molecule has 2 aromatic carbocycles. The van der Waals surface area contributed by atoms with Gasteiger partial charge in [-0.15, -0.1) is 0 Å². The number of rotatable bonds is 6. The van der Waals surface area contributed by atoms with Gasteiger partial charge in [0.2, 0.25) is 11.9 Å². The largest absolute Gasteiger partial charge is 0.488 e. The number of amides is 2. The first-order valence-corrected chi connectivity index (χ1v) is 18.5. The summed E-state index contributed by atoms with van der Waals surface area (Å²) in [6, 6.07) is 11.5. The van der Waals surface area contributed by atoms with Crippen molar-refractivity contribution in [1.29, 1.82) is 0 Å². The van der Waals surface area contributed by atoms with Gasteiger partial charge in [-0.05, 0) is 67.5 Å². The van der Waals surface area contributed by atoms with Crippen molar-refractivity contribution >= 4 is 80.1 Å². The van der Waals surface area contributed by atoms with Crippen molar-refractivity contribution in [3.63, 3.8) is 0 Å². The summed E-state index contributed by atoms with van der Waals surface area (Å²) in [7, 11) is -1.37. The standard InChI is InChI=1S/C17H19BrN4O2.C9H11ClN4O2.C8H10BBrO2/c1-3-10-7-11(18)5-6-12(10)15-13-8-22(17(23)24-4-2)9-14(13)20-16(19)21-15;1-2-16-9(15)14-3-5-6(4-14)12-8(11)13-7(5)10;1-2-6-5-7(10)3-4-8(6)9(11)12/h5-7H,3-4,8-9H2,1-2H3,(H2,19,20,21);2-4H2,1H3,(H2,11,12,13);3-5,11-12H,2H2,1H3. The fourth-order valence-electron chi connectivity index (χ4n) is 5.64. The number of carbonyl (C=O) groups excluding carboxylic acids is 2. The van der Waals surface area contributed by atoms with E-state index in [0.29, 0.717) is 55.7 Å². The van der Waals surface area contributed by atoms with Crippen molar-refractivity contribution in [2.24, 2.45) is 0 Å². The van der Waals surface area contributed by atoms with Crippen molar-refractivity contribution < 1.29 is 29.1 Å². The van der Waals surface area contributed by atoms with Gasteiger partial charge in [-0.3, -0.25) is 9.80 Å². The SMILES string of the molecule is CCOC(=O)N1Cc2nc(N)nc(-c3ccc(Br)cc3CC)c2C1.CCOC(=O)N1Cc2nc(N)nc(Cl)c2C1.CCc1cc(Br)ccc1B(O)O. The summed E-state index contributed by atoms with van der Waals surface area (Å²) in [6.45, 7) is 9.87. The minimum atomic E-state index is -1.37. The minimum Gasteiger partial charge on any atom is -0.450 e. The molecule has 276 valence electrons. The predicted molar refractivity (Wildman–Crippen MR) is 206 cm³/mol. The molecule has 0 aliphatic carbocycles. The van der Waals surface area contributed by atoms with Crippen molar-refractivity contribution in [2.75, 3.05) is 24.7 Å². The molecular formula is C34H40BBr2ClN8O6. The van der Waals surface area contributed by atoms with Crippen LogP contribution in [0.15, 0.2) is 45.3 Å². The fourth-order valence-corrected chi connectivity index (χ4v) is 6.71. The topological polar surface area (TPSA) is 203 Å². The van der Waals surface area contributed by atoms with E-state index in [-0.39, 0.29) is 24.1 Å². The predicted octanol–water partition coefficient (Wildman–Crippen LogP) is 5.40. The van der Waals surface area contributed by atoms with Gasteiger partial charge in [-0.1, -0.05) is 69.4 Å². The van der Waals surface area contributed by atoms with Crippen molar-refractivity contribution in [2.45, 2.75) is 66.7 Å². The average Bonchev–Trinajstić information content (AvgIpc) is 3.74. The summed E-state index contributed by atoms with van der Waals surface area (Å²) in [5.74, 6) is 0.342. The van der Waals surface area contributed by atoms with E-state index in [9.17, 15) is 9.59 Å². The van der Waals surface area contributed by atoms with Gasteiger partial charge in [-0.25, -0.2) is 29.5 Å². The van der Waals surface area contributed by atoms with E-state index >= 15 is 0 Å². The van der Waals surface area contributed by atoms with Crippen LogP contribution in [0.5, 0.6) is 0 Å². The van der Waals surface area contributed by atoms with E-state index < -0.39 is 7.12 Å². The van der Waals surface area contributed by atoms with Crippen molar-refractivity contribution in [3.05, 3.63) is 84.1 Å². The first-order valence-electron chi connectivity index (χ1n) is 16.5. The molecule has 4 heterocycles. The highest BCUT2D eigenvalue weighted by Crippen LogP contribution is 2.34. The molecule has 0 saturated heterocycles. The molecule has 0 radical (unpaired) electrons. The van der Waals surface area contributed by atoms with Gasteiger partial charge in [-0.2, -0.15) is 0 Å². The van der Waals surface area contributed by atoms with Gasteiger partial charge >= 0.3 is 19.3 Å². The maximum absolute atomic E-state index is 12.0. The smallest absolute Gasteiger partial charge is 0.450 e. The molecule has 6 rings (SSSR count). The Morgan fingerprint density at radius 1 is 0.769 bits per heavy atom. The van der Waals surface area contributed by atoms with Gasteiger partial charge in [0, 0.05) is 25.6 Å². The summed E-state index contributed by atoms with van der Waals surface area (Å²) in [4.78, 5) is 43.3. The maximum Gasteiger partial charge on any atom is 0.488 e. The Hall–Kier alpha value is -4.03. The Kier molecular flexibility index (Phi) is 14.6. The Bertz CT molecular complexity index is 1920. The number of anilines is 2. The van der Waals surface area contributed by atoms with Crippen LogP contribution >= 0.6 is 43.5 Å². The van der Waals surface area contributed by atoms with Crippen LogP contribution in [0.1, 0.15) is 61.3 Å². The second-order valence-electron chi connectivity index (χ2n) is 11.5. The van der Waals surface area contributed by atoms with Gasteiger partial charge in [0.05, 0.1) is 56.5 Å². The molecular weight excluding hydrogens is 822 g/mol. The van der Waals surface area contributed by atoms with Crippen LogP contribution in [0.25, 0.3) is 11.3 Å². The van der Waals surface area contributed by atoms with Crippen LogP contribution in [0.2, 0.25) is 5.15 Å². The number of aromatic nitrogens is 4. The first-order chi connectivity index (χ1) is 24.8. The van der Waals surface area contributed by atoms with E-state index in [4.69, 9.17) is 42.6 Å². The summed E-state index contributed by atoms with van der Waals surface area (Å²) in [5, 5.41) is 18.2. The number of fused-ring (bicyclic) bond motifs is 2. The number of halogens is 3. The molecule has 0 spiro atoms. The highest BCUT2D eigenvalue weighted by molar-refractivity contribution is 9.10. The highest BCUT2D eigenvalue weighted by Gasteiger charge is 2.30. The lowest BCUT2D eigenvalue weighted by Gasteiger charge is -2.14. The monoisotopic (exact) mass is 860 g/mol. The van der Waals surface area contributed by atoms with Crippen molar-refractivity contribution in [3.8, 4) is 11.3 Å². The molecule has 2 amide bonds. The van der Waals surface area contributed by atoms with Gasteiger partial charge < -0.3 is 31.0 Å².